The normalized spacial score (nSPS) is 30.6. The van der Waals surface area contributed by atoms with Crippen LogP contribution in [0, 0.1) is 5.92 Å². The van der Waals surface area contributed by atoms with Crippen LogP contribution in [0.2, 0.25) is 0 Å². The van der Waals surface area contributed by atoms with Crippen molar-refractivity contribution in [1.82, 2.24) is 10.2 Å². The summed E-state index contributed by atoms with van der Waals surface area (Å²) in [5.74, 6) is 0.312. The van der Waals surface area contributed by atoms with Gasteiger partial charge in [-0.25, -0.2) is 8.42 Å². The van der Waals surface area contributed by atoms with Gasteiger partial charge in [0.1, 0.15) is 11.4 Å². The van der Waals surface area contributed by atoms with Crippen molar-refractivity contribution in [2.45, 2.75) is 24.0 Å². The predicted molar refractivity (Wildman–Crippen MR) is 74.1 cm³/mol. The van der Waals surface area contributed by atoms with Crippen LogP contribution >= 0.6 is 0 Å². The summed E-state index contributed by atoms with van der Waals surface area (Å²) in [5.41, 5.74) is 0. The molecule has 0 aromatic rings. The van der Waals surface area contributed by atoms with Crippen LogP contribution in [0.3, 0.4) is 0 Å². The van der Waals surface area contributed by atoms with Gasteiger partial charge in [0.25, 0.3) is 0 Å². The minimum atomic E-state index is -3.00. The average Bonchev–Trinajstić information content (AvgIpc) is 2.94. The van der Waals surface area contributed by atoms with Crippen molar-refractivity contribution in [2.75, 3.05) is 45.1 Å². The van der Waals surface area contributed by atoms with Crippen molar-refractivity contribution in [3.63, 3.8) is 0 Å². The van der Waals surface area contributed by atoms with Crippen molar-refractivity contribution in [3.8, 4) is 0 Å². The molecule has 0 aromatic heterocycles. The second kappa shape index (κ2) is 5.27. The van der Waals surface area contributed by atoms with Crippen LogP contribution in [0.1, 0.15) is 19.3 Å². The highest BCUT2D eigenvalue weighted by molar-refractivity contribution is 7.93. The van der Waals surface area contributed by atoms with Crippen molar-refractivity contribution in [1.29, 1.82) is 0 Å². The topological polar surface area (TPSA) is 75.7 Å². The second-order valence-corrected chi connectivity index (χ2v) is 8.53. The predicted octanol–water partition coefficient (Wildman–Crippen LogP) is -0.598. The highest BCUT2D eigenvalue weighted by Crippen LogP contribution is 2.40. The lowest BCUT2D eigenvalue weighted by Crippen LogP contribution is -2.66. The zero-order valence-electron chi connectivity index (χ0n) is 11.6. The summed E-state index contributed by atoms with van der Waals surface area (Å²) in [6.45, 7) is 3.18. The molecule has 3 aliphatic heterocycles. The Hall–Kier alpha value is -0.660. The molecule has 1 spiro atoms. The smallest absolute Gasteiger partial charge is 0.248 e. The molecule has 7 heteroatoms. The molecule has 1 atom stereocenters. The molecule has 3 aliphatic rings. The molecule has 1 amide bonds. The minimum Gasteiger partial charge on any atom is -0.371 e. The number of nitrogens with zero attached hydrogens (tertiary/aromatic N) is 1. The van der Waals surface area contributed by atoms with E-state index >= 15 is 0 Å². The largest absolute Gasteiger partial charge is 0.371 e. The van der Waals surface area contributed by atoms with Crippen molar-refractivity contribution < 1.29 is 17.9 Å². The lowest BCUT2D eigenvalue weighted by molar-refractivity contribution is -0.135. The molecule has 3 saturated heterocycles. The highest BCUT2D eigenvalue weighted by atomic mass is 32.2. The second-order valence-electron chi connectivity index (χ2n) is 6.08. The Morgan fingerprint density at radius 2 is 2.00 bits per heavy atom. The maximum absolute atomic E-state index is 12.1. The van der Waals surface area contributed by atoms with Crippen molar-refractivity contribution in [3.05, 3.63) is 0 Å². The van der Waals surface area contributed by atoms with Crippen LogP contribution in [-0.4, -0.2) is 69.1 Å². The van der Waals surface area contributed by atoms with Gasteiger partial charge in [-0.1, -0.05) is 0 Å². The van der Waals surface area contributed by atoms with Gasteiger partial charge in [-0.15, -0.1) is 0 Å². The molecule has 0 aromatic carbocycles. The zero-order chi connectivity index (χ0) is 14.2. The summed E-state index contributed by atoms with van der Waals surface area (Å²) in [7, 11) is -3.00. The van der Waals surface area contributed by atoms with Gasteiger partial charge >= 0.3 is 0 Å². The molecule has 0 unspecified atom stereocenters. The third-order valence-corrected chi connectivity index (χ3v) is 7.58. The van der Waals surface area contributed by atoms with Gasteiger partial charge in [0.15, 0.2) is 9.84 Å². The molecule has 3 heterocycles. The minimum absolute atomic E-state index is 0.0279. The molecule has 1 N–H and O–H groups in total. The number of carbonyl (C=O) groups excluding carboxylic acids is 1. The Labute approximate surface area is 119 Å². The molecule has 114 valence electrons. The number of ether oxygens (including phenoxy) is 1. The van der Waals surface area contributed by atoms with Crippen LogP contribution in [0.25, 0.3) is 0 Å². The van der Waals surface area contributed by atoms with Crippen molar-refractivity contribution in [2.24, 2.45) is 5.92 Å². The van der Waals surface area contributed by atoms with E-state index in [1.807, 2.05) is 4.90 Å². The van der Waals surface area contributed by atoms with Gasteiger partial charge in [0.05, 0.1) is 12.4 Å². The summed E-state index contributed by atoms with van der Waals surface area (Å²) in [6.07, 6.45) is 2.80. The van der Waals surface area contributed by atoms with Crippen molar-refractivity contribution >= 4 is 15.7 Å². The van der Waals surface area contributed by atoms with E-state index in [9.17, 15) is 13.2 Å². The maximum Gasteiger partial charge on any atom is 0.248 e. The maximum atomic E-state index is 12.1. The third kappa shape index (κ3) is 2.25. The van der Waals surface area contributed by atoms with Crippen LogP contribution in [0.5, 0.6) is 0 Å². The van der Waals surface area contributed by atoms with Gasteiger partial charge in [-0.2, -0.15) is 0 Å². The van der Waals surface area contributed by atoms with Gasteiger partial charge in [-0.05, 0) is 19.3 Å². The lowest BCUT2D eigenvalue weighted by atomic mass is 9.85. The van der Waals surface area contributed by atoms with E-state index < -0.39 is 14.6 Å². The summed E-state index contributed by atoms with van der Waals surface area (Å²) in [4.78, 5) is 13.7. The molecule has 3 rings (SSSR count). The molecule has 20 heavy (non-hydrogen) atoms. The van der Waals surface area contributed by atoms with E-state index in [1.54, 1.807) is 0 Å². The number of hydrogen-bond acceptors (Lipinski definition) is 5. The lowest BCUT2D eigenvalue weighted by Gasteiger charge is -2.42. The highest BCUT2D eigenvalue weighted by Gasteiger charge is 2.58. The standard InChI is InChI=1S/C13H22N2O4S/c16-12(15-4-1-2-5-15)8-19-7-11-3-6-20(17,18)13(11)9-14-10-13/h11,14H,1-10H2/t11-/m1/s1. The first-order valence-electron chi connectivity index (χ1n) is 7.34. The van der Waals surface area contributed by atoms with Gasteiger partial charge in [0.2, 0.25) is 5.91 Å². The fourth-order valence-electron chi connectivity index (χ4n) is 3.48. The fraction of sp³-hybridized carbons (Fsp3) is 0.923. The van der Waals surface area contributed by atoms with Crippen LogP contribution in [-0.2, 0) is 19.4 Å². The summed E-state index contributed by atoms with van der Waals surface area (Å²) < 4.78 is 29.1. The number of rotatable bonds is 4. The summed E-state index contributed by atoms with van der Waals surface area (Å²) in [5, 5.41) is 3.06. The number of amides is 1. The van der Waals surface area contributed by atoms with E-state index in [0.717, 1.165) is 25.9 Å². The number of nitrogens with one attached hydrogen (secondary N) is 1. The third-order valence-electron chi connectivity index (χ3n) is 4.95. The molecular weight excluding hydrogens is 280 g/mol. The van der Waals surface area contributed by atoms with Gasteiger partial charge in [0, 0.05) is 32.1 Å². The molecule has 0 aliphatic carbocycles. The molecule has 6 nitrogen and oxygen atoms in total. The first-order chi connectivity index (χ1) is 9.55. The first kappa shape index (κ1) is 14.3. The van der Waals surface area contributed by atoms with Gasteiger partial charge in [-0.3, -0.25) is 4.79 Å². The number of likely N-dealkylation sites (tertiary alicyclic amines) is 1. The Bertz CT molecular complexity index is 481. The molecule has 0 saturated carbocycles. The van der Waals surface area contributed by atoms with E-state index in [1.165, 1.54) is 0 Å². The Balaban J connectivity index is 1.50. The molecule has 3 fully saturated rings. The molecule has 0 radical (unpaired) electrons. The average molecular weight is 302 g/mol. The first-order valence-corrected chi connectivity index (χ1v) is 8.99. The van der Waals surface area contributed by atoms with Crippen LogP contribution in [0.4, 0.5) is 0 Å². The number of hydrogen-bond donors (Lipinski definition) is 1. The monoisotopic (exact) mass is 302 g/mol. The Morgan fingerprint density at radius 1 is 1.30 bits per heavy atom. The summed E-state index contributed by atoms with van der Waals surface area (Å²) >= 11 is 0. The Morgan fingerprint density at radius 3 is 2.60 bits per heavy atom. The zero-order valence-corrected chi connectivity index (χ0v) is 12.5. The SMILES string of the molecule is O=C(COC[C@H]1CCS(=O)(=O)C12CNC2)N1CCCC1. The van der Waals surface area contributed by atoms with Crippen LogP contribution < -0.4 is 5.32 Å². The number of sulfone groups is 1. The Kier molecular flexibility index (Phi) is 3.77. The quantitative estimate of drug-likeness (QED) is 0.751. The van der Waals surface area contributed by atoms with Gasteiger partial charge < -0.3 is 15.0 Å². The molecular formula is C13H22N2O4S. The molecule has 0 bridgehead atoms. The van der Waals surface area contributed by atoms with E-state index in [2.05, 4.69) is 5.32 Å². The van der Waals surface area contributed by atoms with E-state index in [0.29, 0.717) is 26.1 Å². The number of carbonyl (C=O) groups is 1. The summed E-state index contributed by atoms with van der Waals surface area (Å²) in [6, 6.07) is 0. The van der Waals surface area contributed by atoms with E-state index in [4.69, 9.17) is 4.74 Å². The fourth-order valence-corrected chi connectivity index (χ4v) is 5.82. The van der Waals surface area contributed by atoms with Crippen LogP contribution in [0.15, 0.2) is 0 Å². The van der Waals surface area contributed by atoms with E-state index in [-0.39, 0.29) is 24.2 Å².